The number of aromatic nitrogens is 1. The summed E-state index contributed by atoms with van der Waals surface area (Å²) in [5.41, 5.74) is -0.931. The molecule has 0 amide bonds. The maximum Gasteiger partial charge on any atom is 0.342 e. The number of rotatable bonds is 5. The van der Waals surface area contributed by atoms with Gasteiger partial charge in [0.15, 0.2) is 0 Å². The summed E-state index contributed by atoms with van der Waals surface area (Å²) in [6.45, 7) is 0. The molecule has 108 valence electrons. The molecule has 0 unspecified atom stereocenters. The second-order valence-corrected chi connectivity index (χ2v) is 4.92. The van der Waals surface area contributed by atoms with Crippen molar-refractivity contribution in [2.75, 3.05) is 7.11 Å². The minimum Gasteiger partial charge on any atom is -0.496 e. The Labute approximate surface area is 123 Å². The van der Waals surface area contributed by atoms with E-state index in [-0.39, 0.29) is 0 Å². The number of para-hydroxylation sites is 1. The number of aromatic carboxylic acids is 1. The lowest BCUT2D eigenvalue weighted by molar-refractivity contribution is -0.385. The standard InChI is InChI=1S/C13H10N2O5S/c1-20-10-4-2-3-5-11(10)21-12-6-8(13(16)17)9(7-14-12)15(18)19/h2-7H,1H3,(H,16,17). The van der Waals surface area contributed by atoms with E-state index in [0.717, 1.165) is 11.1 Å². The predicted molar refractivity (Wildman–Crippen MR) is 75.0 cm³/mol. The lowest BCUT2D eigenvalue weighted by Gasteiger charge is -2.07. The van der Waals surface area contributed by atoms with E-state index in [9.17, 15) is 14.9 Å². The first-order chi connectivity index (χ1) is 10.0. The van der Waals surface area contributed by atoms with E-state index in [1.54, 1.807) is 24.3 Å². The molecule has 2 rings (SSSR count). The zero-order valence-corrected chi connectivity index (χ0v) is 11.7. The third-order valence-corrected chi connectivity index (χ3v) is 3.56. The van der Waals surface area contributed by atoms with Crippen molar-refractivity contribution >= 4 is 23.4 Å². The molecule has 1 heterocycles. The first-order valence-electron chi connectivity index (χ1n) is 5.71. The number of carbonyl (C=O) groups is 1. The Morgan fingerprint density at radius 2 is 2.14 bits per heavy atom. The number of carboxylic acid groups (broad SMARTS) is 1. The van der Waals surface area contributed by atoms with Crippen molar-refractivity contribution in [3.8, 4) is 5.75 Å². The number of pyridine rings is 1. The summed E-state index contributed by atoms with van der Waals surface area (Å²) in [5.74, 6) is -0.759. The van der Waals surface area contributed by atoms with Gasteiger partial charge in [0.2, 0.25) is 0 Å². The van der Waals surface area contributed by atoms with Crippen molar-refractivity contribution in [3.63, 3.8) is 0 Å². The second-order valence-electron chi connectivity index (χ2n) is 3.85. The fourth-order valence-electron chi connectivity index (χ4n) is 1.62. The molecule has 1 N–H and O–H groups in total. The van der Waals surface area contributed by atoms with Crippen molar-refractivity contribution < 1.29 is 19.6 Å². The van der Waals surface area contributed by atoms with Gasteiger partial charge >= 0.3 is 11.7 Å². The van der Waals surface area contributed by atoms with Gasteiger partial charge in [-0.3, -0.25) is 10.1 Å². The molecule has 0 radical (unpaired) electrons. The molecule has 0 saturated heterocycles. The smallest absolute Gasteiger partial charge is 0.342 e. The molecule has 7 nitrogen and oxygen atoms in total. The summed E-state index contributed by atoms with van der Waals surface area (Å²) in [5, 5.41) is 20.1. The van der Waals surface area contributed by atoms with Crippen molar-refractivity contribution in [2.45, 2.75) is 9.92 Å². The number of ether oxygens (including phenoxy) is 1. The van der Waals surface area contributed by atoms with Crippen LogP contribution in [-0.4, -0.2) is 28.1 Å². The maximum absolute atomic E-state index is 11.1. The summed E-state index contributed by atoms with van der Waals surface area (Å²) in [7, 11) is 1.52. The van der Waals surface area contributed by atoms with Crippen LogP contribution in [0.4, 0.5) is 5.69 Å². The second kappa shape index (κ2) is 6.23. The zero-order chi connectivity index (χ0) is 15.4. The van der Waals surface area contributed by atoms with Gasteiger partial charge in [0, 0.05) is 0 Å². The summed E-state index contributed by atoms with van der Waals surface area (Å²) >= 11 is 1.17. The van der Waals surface area contributed by atoms with Crippen LogP contribution in [0.2, 0.25) is 0 Å². The predicted octanol–water partition coefficient (Wildman–Crippen LogP) is 2.85. The molecule has 0 spiro atoms. The average molecular weight is 306 g/mol. The fraction of sp³-hybridized carbons (Fsp3) is 0.0769. The molecule has 0 bridgehead atoms. The lowest BCUT2D eigenvalue weighted by Crippen LogP contribution is -2.03. The van der Waals surface area contributed by atoms with Crippen molar-refractivity contribution in [1.82, 2.24) is 4.98 Å². The number of carboxylic acids is 1. The van der Waals surface area contributed by atoms with Crippen molar-refractivity contribution in [1.29, 1.82) is 0 Å². The summed E-state index contributed by atoms with van der Waals surface area (Å²) in [6, 6.07) is 8.32. The Balaban J connectivity index is 2.39. The van der Waals surface area contributed by atoms with Gasteiger partial charge < -0.3 is 9.84 Å². The van der Waals surface area contributed by atoms with Crippen LogP contribution in [0.1, 0.15) is 10.4 Å². The van der Waals surface area contributed by atoms with Gasteiger partial charge in [-0.1, -0.05) is 23.9 Å². The van der Waals surface area contributed by atoms with E-state index < -0.39 is 22.1 Å². The molecule has 8 heteroatoms. The van der Waals surface area contributed by atoms with E-state index >= 15 is 0 Å². The number of methoxy groups -OCH3 is 1. The molecule has 0 aliphatic carbocycles. The van der Waals surface area contributed by atoms with E-state index in [2.05, 4.69) is 4.98 Å². The number of nitro groups is 1. The van der Waals surface area contributed by atoms with Crippen LogP contribution in [0.15, 0.2) is 46.5 Å². The van der Waals surface area contributed by atoms with Gasteiger partial charge in [0.05, 0.1) is 16.9 Å². The highest BCUT2D eigenvalue weighted by Crippen LogP contribution is 2.34. The Morgan fingerprint density at radius 3 is 2.76 bits per heavy atom. The Morgan fingerprint density at radius 1 is 1.43 bits per heavy atom. The molecule has 1 aromatic heterocycles. The van der Waals surface area contributed by atoms with Crippen LogP contribution in [0.5, 0.6) is 5.75 Å². The van der Waals surface area contributed by atoms with Crippen LogP contribution in [0.3, 0.4) is 0 Å². The van der Waals surface area contributed by atoms with Gasteiger partial charge in [0.25, 0.3) is 0 Å². The van der Waals surface area contributed by atoms with E-state index in [0.29, 0.717) is 10.8 Å². The highest BCUT2D eigenvalue weighted by atomic mass is 32.2. The number of benzene rings is 1. The van der Waals surface area contributed by atoms with Gasteiger partial charge in [0.1, 0.15) is 22.5 Å². The van der Waals surface area contributed by atoms with Crippen molar-refractivity contribution in [2.24, 2.45) is 0 Å². The fourth-order valence-corrected chi connectivity index (χ4v) is 2.52. The highest BCUT2D eigenvalue weighted by Gasteiger charge is 2.21. The quantitative estimate of drug-likeness (QED) is 0.669. The van der Waals surface area contributed by atoms with E-state index in [1.807, 2.05) is 0 Å². The third kappa shape index (κ3) is 3.29. The molecule has 1 aromatic carbocycles. The highest BCUT2D eigenvalue weighted by molar-refractivity contribution is 7.99. The van der Waals surface area contributed by atoms with Gasteiger partial charge in [-0.25, -0.2) is 9.78 Å². The van der Waals surface area contributed by atoms with Gasteiger partial charge in [-0.15, -0.1) is 0 Å². The maximum atomic E-state index is 11.1. The number of nitrogens with zero attached hydrogens (tertiary/aromatic N) is 2. The third-order valence-electron chi connectivity index (χ3n) is 2.57. The van der Waals surface area contributed by atoms with Crippen LogP contribution in [-0.2, 0) is 0 Å². The Kier molecular flexibility index (Phi) is 4.39. The van der Waals surface area contributed by atoms with Crippen LogP contribution in [0.25, 0.3) is 0 Å². The van der Waals surface area contributed by atoms with E-state index in [1.165, 1.54) is 24.9 Å². The van der Waals surface area contributed by atoms with Crippen LogP contribution >= 0.6 is 11.8 Å². The molecule has 0 atom stereocenters. The molecule has 0 aliphatic rings. The molecule has 2 aromatic rings. The molecular formula is C13H10N2O5S. The zero-order valence-electron chi connectivity index (χ0n) is 10.8. The molecule has 0 fully saturated rings. The first kappa shape index (κ1) is 14.8. The monoisotopic (exact) mass is 306 g/mol. The van der Waals surface area contributed by atoms with E-state index in [4.69, 9.17) is 9.84 Å². The minimum atomic E-state index is -1.37. The van der Waals surface area contributed by atoms with Crippen molar-refractivity contribution in [3.05, 3.63) is 52.2 Å². The molecule has 0 aliphatic heterocycles. The lowest BCUT2D eigenvalue weighted by atomic mass is 10.2. The summed E-state index contributed by atoms with van der Waals surface area (Å²) < 4.78 is 5.18. The number of hydrogen-bond donors (Lipinski definition) is 1. The minimum absolute atomic E-state index is 0.336. The van der Waals surface area contributed by atoms with Gasteiger partial charge in [-0.05, 0) is 18.2 Å². The summed E-state index contributed by atoms with van der Waals surface area (Å²) in [4.78, 5) is 25.7. The van der Waals surface area contributed by atoms with Crippen LogP contribution in [0, 0.1) is 10.1 Å². The molecular weight excluding hydrogens is 296 g/mol. The molecule has 21 heavy (non-hydrogen) atoms. The molecule has 0 saturated carbocycles. The Bertz CT molecular complexity index is 705. The first-order valence-corrected chi connectivity index (χ1v) is 6.53. The normalized spacial score (nSPS) is 10.1. The summed E-state index contributed by atoms with van der Waals surface area (Å²) in [6.07, 6.45) is 0.946. The largest absolute Gasteiger partial charge is 0.496 e. The Hall–Kier alpha value is -2.61. The average Bonchev–Trinajstić information content (AvgIpc) is 2.47. The van der Waals surface area contributed by atoms with Crippen LogP contribution < -0.4 is 4.74 Å². The topological polar surface area (TPSA) is 103 Å². The number of hydrogen-bond acceptors (Lipinski definition) is 6. The van der Waals surface area contributed by atoms with Gasteiger partial charge in [-0.2, -0.15) is 0 Å². The SMILES string of the molecule is COc1ccccc1Sc1cc(C(=O)O)c([N+](=O)[O-])cn1.